The Morgan fingerprint density at radius 3 is 2.12 bits per heavy atom. The standard InChI is InChI=1S/C29H49NO9SSi/c1-16-17(2)26(36-21(14-33-19(4)31)23(16)35-20(5)32)38-24-18(3)27(40-13-12-30)37-22-15-34-41(28(6,7)8,29(9,10)11)39-25(22)24/h16-18,21-27H,13-15H2,1-11H3/t16?,17?,18?,21-,22?,23+,24+,25+,26-,27-/m0/s1. The fourth-order valence-electron chi connectivity index (χ4n) is 6.44. The van der Waals surface area contributed by atoms with Crippen molar-refractivity contribution >= 4 is 32.3 Å². The first kappa shape index (κ1) is 34.3. The highest BCUT2D eigenvalue weighted by Crippen LogP contribution is 2.56. The summed E-state index contributed by atoms with van der Waals surface area (Å²) >= 11 is 1.44. The first-order valence-corrected chi connectivity index (χ1v) is 17.4. The van der Waals surface area contributed by atoms with Crippen molar-refractivity contribution in [3.63, 3.8) is 0 Å². The van der Waals surface area contributed by atoms with Crippen LogP contribution in [0.15, 0.2) is 0 Å². The number of thioether (sulfide) groups is 1. The van der Waals surface area contributed by atoms with Gasteiger partial charge in [-0.05, 0) is 0 Å². The lowest BCUT2D eigenvalue weighted by molar-refractivity contribution is -0.316. The van der Waals surface area contributed by atoms with Gasteiger partial charge in [-0.1, -0.05) is 62.3 Å². The second-order valence-electron chi connectivity index (χ2n) is 13.6. The average Bonchev–Trinajstić information content (AvgIpc) is 2.86. The maximum atomic E-state index is 11.9. The summed E-state index contributed by atoms with van der Waals surface area (Å²) in [5.74, 6) is -1.02. The molecule has 41 heavy (non-hydrogen) atoms. The van der Waals surface area contributed by atoms with E-state index in [1.54, 1.807) is 0 Å². The molecule has 0 spiro atoms. The van der Waals surface area contributed by atoms with Crippen LogP contribution in [-0.4, -0.2) is 81.7 Å². The van der Waals surface area contributed by atoms with Gasteiger partial charge in [0, 0.05) is 41.7 Å². The lowest BCUT2D eigenvalue weighted by atomic mass is 9.84. The number of esters is 2. The Kier molecular flexibility index (Phi) is 11.0. The molecule has 12 heteroatoms. The molecular formula is C29H49NO9SSi. The van der Waals surface area contributed by atoms with Gasteiger partial charge in [0.25, 0.3) is 0 Å². The smallest absolute Gasteiger partial charge is 0.349 e. The molecule has 3 aliphatic heterocycles. The number of hydrogen-bond donors (Lipinski definition) is 0. The number of rotatable bonds is 7. The zero-order chi connectivity index (χ0) is 30.9. The van der Waals surface area contributed by atoms with E-state index in [0.29, 0.717) is 6.61 Å². The van der Waals surface area contributed by atoms with E-state index in [0.717, 1.165) is 0 Å². The van der Waals surface area contributed by atoms with E-state index in [1.165, 1.54) is 25.6 Å². The number of nitrogens with zero attached hydrogens (tertiary/aromatic N) is 1. The molecule has 0 saturated carbocycles. The summed E-state index contributed by atoms with van der Waals surface area (Å²) in [5, 5.41) is 8.81. The van der Waals surface area contributed by atoms with E-state index >= 15 is 0 Å². The van der Waals surface area contributed by atoms with Gasteiger partial charge in [0.1, 0.15) is 36.5 Å². The fraction of sp³-hybridized carbons (Fsp3) is 0.897. The minimum Gasteiger partial charge on any atom is -0.463 e. The van der Waals surface area contributed by atoms with Crippen molar-refractivity contribution in [2.24, 2.45) is 17.8 Å². The number of nitriles is 1. The molecule has 0 aromatic heterocycles. The van der Waals surface area contributed by atoms with E-state index in [1.807, 2.05) is 13.8 Å². The molecule has 3 rings (SSSR count). The third-order valence-corrected chi connectivity index (χ3v) is 14.8. The van der Waals surface area contributed by atoms with Gasteiger partial charge in [-0.2, -0.15) is 5.26 Å². The van der Waals surface area contributed by atoms with Crippen LogP contribution in [0.1, 0.15) is 76.2 Å². The maximum absolute atomic E-state index is 11.9. The first-order valence-electron chi connectivity index (χ1n) is 14.5. The molecule has 0 aliphatic carbocycles. The molecule has 234 valence electrons. The molecule has 0 aromatic carbocycles. The third kappa shape index (κ3) is 7.31. The molecule has 0 amide bonds. The maximum Gasteiger partial charge on any atom is 0.349 e. The molecule has 4 unspecified atom stereocenters. The molecule has 10 atom stereocenters. The first-order chi connectivity index (χ1) is 18.9. The van der Waals surface area contributed by atoms with Gasteiger partial charge in [0.05, 0.1) is 24.5 Å². The number of carbonyl (C=O) groups is 2. The monoisotopic (exact) mass is 615 g/mol. The van der Waals surface area contributed by atoms with Crippen LogP contribution < -0.4 is 0 Å². The summed E-state index contributed by atoms with van der Waals surface area (Å²) < 4.78 is 44.5. The van der Waals surface area contributed by atoms with Crippen LogP contribution >= 0.6 is 11.8 Å². The van der Waals surface area contributed by atoms with Gasteiger partial charge in [-0.25, -0.2) is 0 Å². The summed E-state index contributed by atoms with van der Waals surface area (Å²) in [4.78, 5) is 23.5. The fourth-order valence-corrected chi connectivity index (χ4v) is 12.3. The Bertz CT molecular complexity index is 963. The van der Waals surface area contributed by atoms with Crippen molar-refractivity contribution < 1.29 is 42.1 Å². The number of carbonyl (C=O) groups excluding carboxylic acids is 2. The minimum atomic E-state index is -2.85. The lowest BCUT2D eigenvalue weighted by Crippen LogP contribution is -2.70. The minimum absolute atomic E-state index is 0.0609. The SMILES string of the molecule is CC(=O)OC[C@@H]1O[C@@H](O[C@@H]2C(C)[C@H](SCC#N)OC3CO[Si](C(C)(C)C)(C(C)(C)C)O[C@H]32)C(C)C(C)[C@H]1OC(C)=O. The summed E-state index contributed by atoms with van der Waals surface area (Å²) in [6, 6.07) is 2.20. The largest absolute Gasteiger partial charge is 0.463 e. The molecule has 0 N–H and O–H groups in total. The number of hydrogen-bond acceptors (Lipinski definition) is 11. The lowest BCUT2D eigenvalue weighted by Gasteiger charge is -2.58. The zero-order valence-corrected chi connectivity index (χ0v) is 28.2. The van der Waals surface area contributed by atoms with Gasteiger partial charge in [-0.15, -0.1) is 11.8 Å². The molecule has 0 bridgehead atoms. The molecule has 10 nitrogen and oxygen atoms in total. The van der Waals surface area contributed by atoms with Crippen LogP contribution in [0.3, 0.4) is 0 Å². The van der Waals surface area contributed by atoms with E-state index in [2.05, 4.69) is 54.5 Å². The molecule has 3 saturated heterocycles. The third-order valence-electron chi connectivity index (χ3n) is 8.48. The van der Waals surface area contributed by atoms with Crippen LogP contribution in [0.5, 0.6) is 0 Å². The van der Waals surface area contributed by atoms with Gasteiger partial charge >= 0.3 is 20.5 Å². The quantitative estimate of drug-likeness (QED) is 0.286. The van der Waals surface area contributed by atoms with Gasteiger partial charge in [0.15, 0.2) is 6.29 Å². The van der Waals surface area contributed by atoms with Crippen molar-refractivity contribution in [1.82, 2.24) is 0 Å². The van der Waals surface area contributed by atoms with Crippen molar-refractivity contribution in [1.29, 1.82) is 5.26 Å². The van der Waals surface area contributed by atoms with Crippen molar-refractivity contribution in [2.45, 2.75) is 128 Å². The van der Waals surface area contributed by atoms with Crippen molar-refractivity contribution in [3.8, 4) is 6.07 Å². The highest BCUT2D eigenvalue weighted by Gasteiger charge is 2.65. The van der Waals surface area contributed by atoms with Crippen LogP contribution in [0.25, 0.3) is 0 Å². The van der Waals surface area contributed by atoms with Gasteiger partial charge < -0.3 is 32.5 Å². The predicted octanol–water partition coefficient (Wildman–Crippen LogP) is 4.94. The van der Waals surface area contributed by atoms with Crippen LogP contribution in [0, 0.1) is 29.1 Å². The molecule has 0 aromatic rings. The molecular weight excluding hydrogens is 566 g/mol. The van der Waals surface area contributed by atoms with Crippen LogP contribution in [0.2, 0.25) is 10.1 Å². The Labute approximate surface area is 250 Å². The van der Waals surface area contributed by atoms with Crippen LogP contribution in [0.4, 0.5) is 0 Å². The predicted molar refractivity (Wildman–Crippen MR) is 156 cm³/mol. The Morgan fingerprint density at radius 2 is 1.59 bits per heavy atom. The highest BCUT2D eigenvalue weighted by atomic mass is 32.2. The average molecular weight is 616 g/mol. The normalized spacial score (nSPS) is 37.4. The topological polar surface area (TPSA) is 123 Å². The van der Waals surface area contributed by atoms with E-state index in [9.17, 15) is 14.9 Å². The van der Waals surface area contributed by atoms with Gasteiger partial charge in [0.2, 0.25) is 0 Å². The van der Waals surface area contributed by atoms with E-state index in [-0.39, 0.29) is 51.7 Å². The summed E-state index contributed by atoms with van der Waals surface area (Å²) in [6.45, 7) is 22.1. The number of ether oxygens (including phenoxy) is 5. The summed E-state index contributed by atoms with van der Waals surface area (Å²) in [5.41, 5.74) is -0.298. The molecule has 3 fully saturated rings. The highest BCUT2D eigenvalue weighted by molar-refractivity contribution is 7.99. The molecule has 3 aliphatic rings. The van der Waals surface area contributed by atoms with Crippen LogP contribution in [-0.2, 0) is 42.1 Å². The zero-order valence-electron chi connectivity index (χ0n) is 26.4. The summed E-state index contributed by atoms with van der Waals surface area (Å²) in [6.07, 6.45) is -3.18. The van der Waals surface area contributed by atoms with Crippen molar-refractivity contribution in [3.05, 3.63) is 0 Å². The second kappa shape index (κ2) is 13.2. The van der Waals surface area contributed by atoms with E-state index < -0.39 is 51.2 Å². The summed E-state index contributed by atoms with van der Waals surface area (Å²) in [7, 11) is -2.85. The van der Waals surface area contributed by atoms with Gasteiger partial charge in [-0.3, -0.25) is 9.59 Å². The molecule has 3 heterocycles. The number of fused-ring (bicyclic) bond motifs is 1. The Hall–Kier alpha value is -1.20. The van der Waals surface area contributed by atoms with E-state index in [4.69, 9.17) is 32.5 Å². The second-order valence-corrected chi connectivity index (χ2v) is 19.5. The Morgan fingerprint density at radius 1 is 0.951 bits per heavy atom. The van der Waals surface area contributed by atoms with Crippen molar-refractivity contribution in [2.75, 3.05) is 19.0 Å². The Balaban J connectivity index is 1.96. The molecule has 0 radical (unpaired) electrons.